The number of aromatic amines is 1. The number of hydrogen-bond acceptors (Lipinski definition) is 3. The highest BCUT2D eigenvalue weighted by molar-refractivity contribution is 7.89. The zero-order chi connectivity index (χ0) is 15.5. The van der Waals surface area contributed by atoms with E-state index in [4.69, 9.17) is 5.11 Å². The lowest BCUT2D eigenvalue weighted by molar-refractivity contribution is 0.0690. The van der Waals surface area contributed by atoms with Crippen LogP contribution in [0.2, 0.25) is 0 Å². The zero-order valence-corrected chi connectivity index (χ0v) is 13.2. The molecule has 1 aromatic rings. The number of aromatic carboxylic acids is 1. The molecule has 20 heavy (non-hydrogen) atoms. The van der Waals surface area contributed by atoms with Crippen LogP contribution in [0.4, 0.5) is 0 Å². The summed E-state index contributed by atoms with van der Waals surface area (Å²) in [5.74, 6) is -1.15. The van der Waals surface area contributed by atoms with Crippen LogP contribution >= 0.6 is 0 Å². The second kappa shape index (κ2) is 6.41. The minimum absolute atomic E-state index is 0.0666. The van der Waals surface area contributed by atoms with Crippen LogP contribution < -0.4 is 0 Å². The molecule has 0 radical (unpaired) electrons. The lowest BCUT2D eigenvalue weighted by Crippen LogP contribution is -2.28. The van der Waals surface area contributed by atoms with E-state index in [1.807, 2.05) is 6.92 Å². The first-order valence-electron chi connectivity index (χ1n) is 6.62. The van der Waals surface area contributed by atoms with Crippen molar-refractivity contribution in [2.45, 2.75) is 44.9 Å². The first kappa shape index (κ1) is 16.7. The Labute approximate surface area is 119 Å². The molecule has 0 aromatic carbocycles. The molecule has 1 rings (SSSR count). The van der Waals surface area contributed by atoms with Gasteiger partial charge in [0.05, 0.1) is 0 Å². The number of rotatable bonds is 7. The van der Waals surface area contributed by atoms with Gasteiger partial charge in [-0.25, -0.2) is 17.5 Å². The minimum Gasteiger partial charge on any atom is -0.477 e. The average Bonchev–Trinajstić information content (AvgIpc) is 2.65. The molecule has 0 aliphatic carbocycles. The van der Waals surface area contributed by atoms with Crippen molar-refractivity contribution < 1.29 is 18.3 Å². The van der Waals surface area contributed by atoms with Crippen LogP contribution in [0.5, 0.6) is 0 Å². The first-order valence-corrected chi connectivity index (χ1v) is 8.06. The molecular weight excluding hydrogens is 280 g/mol. The number of aromatic nitrogens is 1. The number of nitrogens with one attached hydrogen (secondary N) is 1. The second-order valence-corrected chi connectivity index (χ2v) is 6.90. The monoisotopic (exact) mass is 302 g/mol. The Hall–Kier alpha value is -1.34. The molecule has 0 spiro atoms. The average molecular weight is 302 g/mol. The molecule has 6 nitrogen and oxygen atoms in total. The maximum atomic E-state index is 12.5. The predicted octanol–water partition coefficient (Wildman–Crippen LogP) is 2.14. The molecule has 0 aliphatic heterocycles. The Bertz CT molecular complexity index is 590. The molecule has 0 unspecified atom stereocenters. The number of aryl methyl sites for hydroxylation is 1. The van der Waals surface area contributed by atoms with Crippen LogP contribution in [0.3, 0.4) is 0 Å². The van der Waals surface area contributed by atoms with Crippen molar-refractivity contribution in [1.82, 2.24) is 9.29 Å². The summed E-state index contributed by atoms with van der Waals surface area (Å²) >= 11 is 0. The molecule has 0 amide bonds. The highest BCUT2D eigenvalue weighted by Crippen LogP contribution is 2.26. The van der Waals surface area contributed by atoms with Crippen molar-refractivity contribution in [3.8, 4) is 0 Å². The third-order valence-corrected chi connectivity index (χ3v) is 5.46. The molecule has 2 N–H and O–H groups in total. The molecular formula is C13H22N2O4S. The number of nitrogens with zero attached hydrogens (tertiary/aromatic N) is 1. The van der Waals surface area contributed by atoms with Crippen LogP contribution in [0.15, 0.2) is 4.90 Å². The molecule has 0 aliphatic rings. The summed E-state index contributed by atoms with van der Waals surface area (Å²) in [6.07, 6.45) is 2.77. The Kier molecular flexibility index (Phi) is 5.35. The van der Waals surface area contributed by atoms with Gasteiger partial charge in [0.2, 0.25) is 10.0 Å². The van der Waals surface area contributed by atoms with Gasteiger partial charge in [0, 0.05) is 24.8 Å². The Morgan fingerprint density at radius 3 is 2.35 bits per heavy atom. The molecule has 0 fully saturated rings. The zero-order valence-electron chi connectivity index (χ0n) is 12.4. The van der Waals surface area contributed by atoms with E-state index in [2.05, 4.69) is 4.98 Å². The van der Waals surface area contributed by atoms with Crippen molar-refractivity contribution in [3.05, 3.63) is 17.0 Å². The summed E-state index contributed by atoms with van der Waals surface area (Å²) in [5.41, 5.74) is 0.558. The summed E-state index contributed by atoms with van der Waals surface area (Å²) in [6.45, 7) is 5.57. The number of hydrogen-bond donors (Lipinski definition) is 2. The van der Waals surface area contributed by atoms with Gasteiger partial charge in [-0.2, -0.15) is 0 Å². The molecule has 7 heteroatoms. The van der Waals surface area contributed by atoms with Crippen molar-refractivity contribution in [2.24, 2.45) is 0 Å². The maximum Gasteiger partial charge on any atom is 0.352 e. The molecule has 114 valence electrons. The fourth-order valence-corrected chi connectivity index (χ4v) is 3.80. The van der Waals surface area contributed by atoms with Crippen molar-refractivity contribution >= 4 is 16.0 Å². The summed E-state index contributed by atoms with van der Waals surface area (Å²) in [4.78, 5) is 13.8. The van der Waals surface area contributed by atoms with E-state index in [0.29, 0.717) is 12.2 Å². The van der Waals surface area contributed by atoms with Crippen LogP contribution in [-0.2, 0) is 10.0 Å². The number of sulfonamides is 1. The molecule has 0 saturated carbocycles. The summed E-state index contributed by atoms with van der Waals surface area (Å²) in [6, 6.07) is 0. The van der Waals surface area contributed by atoms with Crippen molar-refractivity contribution in [2.75, 3.05) is 13.6 Å². The maximum absolute atomic E-state index is 12.5. The van der Waals surface area contributed by atoms with Gasteiger partial charge in [0.15, 0.2) is 0 Å². The van der Waals surface area contributed by atoms with E-state index >= 15 is 0 Å². The van der Waals surface area contributed by atoms with Crippen LogP contribution in [0, 0.1) is 13.8 Å². The first-order chi connectivity index (χ1) is 9.23. The van der Waals surface area contributed by atoms with E-state index < -0.39 is 16.0 Å². The molecule has 1 heterocycles. The van der Waals surface area contributed by atoms with Crippen molar-refractivity contribution in [3.63, 3.8) is 0 Å². The van der Waals surface area contributed by atoms with E-state index in [-0.39, 0.29) is 16.2 Å². The summed E-state index contributed by atoms with van der Waals surface area (Å²) in [5, 5.41) is 9.04. The lowest BCUT2D eigenvalue weighted by Gasteiger charge is -2.17. The lowest BCUT2D eigenvalue weighted by atomic mass is 10.2. The predicted molar refractivity (Wildman–Crippen MR) is 76.6 cm³/mol. The largest absolute Gasteiger partial charge is 0.477 e. The Morgan fingerprint density at radius 2 is 1.90 bits per heavy atom. The topological polar surface area (TPSA) is 90.5 Å². The number of carboxylic acid groups (broad SMARTS) is 1. The van der Waals surface area contributed by atoms with E-state index in [9.17, 15) is 13.2 Å². The van der Waals surface area contributed by atoms with Crippen LogP contribution in [0.1, 0.15) is 47.9 Å². The second-order valence-electron chi connectivity index (χ2n) is 4.92. The SMILES string of the molecule is CCCCCN(C)S(=O)(=O)c1c(C)[nH]c(C(=O)O)c1C. The highest BCUT2D eigenvalue weighted by Gasteiger charge is 2.29. The number of H-pyrrole nitrogens is 1. The Morgan fingerprint density at radius 1 is 1.30 bits per heavy atom. The number of carbonyl (C=O) groups is 1. The standard InChI is InChI=1S/C13H22N2O4S/c1-5-6-7-8-15(4)20(18,19)12-9(2)11(13(16)17)14-10(12)3/h14H,5-8H2,1-4H3,(H,16,17). The van der Waals surface area contributed by atoms with Gasteiger partial charge in [-0.05, 0) is 20.3 Å². The normalized spacial score (nSPS) is 12.1. The highest BCUT2D eigenvalue weighted by atomic mass is 32.2. The molecule has 0 saturated heterocycles. The van der Waals surface area contributed by atoms with Gasteiger partial charge < -0.3 is 10.1 Å². The fraction of sp³-hybridized carbons (Fsp3) is 0.615. The van der Waals surface area contributed by atoms with Gasteiger partial charge in [0.25, 0.3) is 0 Å². The van der Waals surface area contributed by atoms with E-state index in [0.717, 1.165) is 19.3 Å². The smallest absolute Gasteiger partial charge is 0.352 e. The van der Waals surface area contributed by atoms with Gasteiger partial charge >= 0.3 is 5.97 Å². The van der Waals surface area contributed by atoms with E-state index in [1.54, 1.807) is 6.92 Å². The van der Waals surface area contributed by atoms with E-state index in [1.165, 1.54) is 18.3 Å². The fourth-order valence-electron chi connectivity index (χ4n) is 2.19. The van der Waals surface area contributed by atoms with Crippen LogP contribution in [0.25, 0.3) is 0 Å². The molecule has 0 bridgehead atoms. The van der Waals surface area contributed by atoms with Crippen molar-refractivity contribution in [1.29, 1.82) is 0 Å². The molecule has 1 aromatic heterocycles. The minimum atomic E-state index is -3.65. The number of carboxylic acids is 1. The van der Waals surface area contributed by atoms with Gasteiger partial charge in [-0.3, -0.25) is 0 Å². The van der Waals surface area contributed by atoms with Crippen LogP contribution in [-0.4, -0.2) is 42.4 Å². The quantitative estimate of drug-likeness (QED) is 0.755. The summed E-state index contributed by atoms with van der Waals surface area (Å²) in [7, 11) is -2.13. The van der Waals surface area contributed by atoms with Gasteiger partial charge in [-0.1, -0.05) is 19.8 Å². The number of unbranched alkanes of at least 4 members (excludes halogenated alkanes) is 2. The van der Waals surface area contributed by atoms with Gasteiger partial charge in [-0.15, -0.1) is 0 Å². The molecule has 0 atom stereocenters. The van der Waals surface area contributed by atoms with Gasteiger partial charge in [0.1, 0.15) is 10.6 Å². The Balaban J connectivity index is 3.13. The summed E-state index contributed by atoms with van der Waals surface area (Å²) < 4.78 is 26.3. The third-order valence-electron chi connectivity index (χ3n) is 3.33. The third kappa shape index (κ3) is 3.21.